The zero-order chi connectivity index (χ0) is 15.4. The number of carbonyl (C=O) groups excluding carboxylic acids is 1. The number of rotatable bonds is 5. The van der Waals surface area contributed by atoms with Crippen LogP contribution in [0.4, 0.5) is 0 Å². The van der Waals surface area contributed by atoms with Gasteiger partial charge in [0.1, 0.15) is 11.6 Å². The molecule has 1 aromatic carbocycles. The summed E-state index contributed by atoms with van der Waals surface area (Å²) >= 11 is 3.37. The summed E-state index contributed by atoms with van der Waals surface area (Å²) < 4.78 is 11.3. The predicted octanol–water partition coefficient (Wildman–Crippen LogP) is 2.65. The minimum Gasteiger partial charge on any atom is -0.493 e. The molecule has 0 atom stereocenters. The van der Waals surface area contributed by atoms with Crippen LogP contribution in [0.15, 0.2) is 22.2 Å². The lowest BCUT2D eigenvalue weighted by atomic mass is 10.1. The highest BCUT2D eigenvalue weighted by Gasteiger charge is 2.25. The highest BCUT2D eigenvalue weighted by atomic mass is 79.9. The zero-order valence-electron chi connectivity index (χ0n) is 11.8. The van der Waals surface area contributed by atoms with Gasteiger partial charge in [0.25, 0.3) is 5.91 Å². The maximum atomic E-state index is 12.0. The number of hydrogen-bond donors (Lipinski definition) is 1. The van der Waals surface area contributed by atoms with Gasteiger partial charge in [0.2, 0.25) is 0 Å². The molecule has 21 heavy (non-hydrogen) atoms. The van der Waals surface area contributed by atoms with E-state index >= 15 is 0 Å². The van der Waals surface area contributed by atoms with Crippen LogP contribution in [0.2, 0.25) is 0 Å². The lowest BCUT2D eigenvalue weighted by Gasteiger charge is -2.11. The Morgan fingerprint density at radius 2 is 2.14 bits per heavy atom. The Morgan fingerprint density at radius 3 is 2.67 bits per heavy atom. The number of nitrogens with zero attached hydrogens (tertiary/aromatic N) is 1. The number of hydrogen-bond acceptors (Lipinski definition) is 4. The van der Waals surface area contributed by atoms with E-state index < -0.39 is 0 Å². The van der Waals surface area contributed by atoms with Crippen LogP contribution in [0, 0.1) is 11.3 Å². The summed E-state index contributed by atoms with van der Waals surface area (Å²) in [6.45, 7) is 0. The highest BCUT2D eigenvalue weighted by molar-refractivity contribution is 9.10. The topological polar surface area (TPSA) is 71.3 Å². The number of methoxy groups -OCH3 is 2. The third-order valence-corrected chi connectivity index (χ3v) is 3.51. The molecular weight excluding hydrogens is 336 g/mol. The van der Waals surface area contributed by atoms with Gasteiger partial charge in [-0.1, -0.05) is 15.9 Å². The molecule has 1 N–H and O–H groups in total. The summed E-state index contributed by atoms with van der Waals surface area (Å²) in [5.41, 5.74) is 0.645. The van der Waals surface area contributed by atoms with Crippen LogP contribution in [0.3, 0.4) is 0 Å². The second kappa shape index (κ2) is 6.64. The van der Waals surface area contributed by atoms with E-state index in [-0.39, 0.29) is 17.5 Å². The van der Waals surface area contributed by atoms with Gasteiger partial charge in [-0.2, -0.15) is 5.26 Å². The first-order chi connectivity index (χ1) is 10.1. The van der Waals surface area contributed by atoms with Crippen LogP contribution in [0.25, 0.3) is 6.08 Å². The second-order valence-electron chi connectivity index (χ2n) is 4.65. The second-order valence-corrected chi connectivity index (χ2v) is 5.56. The predicted molar refractivity (Wildman–Crippen MR) is 82.0 cm³/mol. The van der Waals surface area contributed by atoms with E-state index in [1.807, 2.05) is 6.07 Å². The van der Waals surface area contributed by atoms with Crippen LogP contribution in [0.1, 0.15) is 18.4 Å². The van der Waals surface area contributed by atoms with Crippen molar-refractivity contribution in [2.45, 2.75) is 18.9 Å². The van der Waals surface area contributed by atoms with Crippen molar-refractivity contribution in [1.82, 2.24) is 5.32 Å². The Kier molecular flexibility index (Phi) is 4.86. The van der Waals surface area contributed by atoms with Crippen LogP contribution in [-0.4, -0.2) is 26.2 Å². The number of nitriles is 1. The molecule has 2 rings (SSSR count). The average Bonchev–Trinajstić information content (AvgIpc) is 3.27. The summed E-state index contributed by atoms with van der Waals surface area (Å²) in [7, 11) is 3.04. The van der Waals surface area contributed by atoms with Crippen molar-refractivity contribution in [3.05, 3.63) is 27.7 Å². The zero-order valence-corrected chi connectivity index (χ0v) is 13.4. The Balaban J connectivity index is 2.38. The SMILES string of the molecule is COc1cc(Br)cc(/C=C(\C#N)C(=O)NC2CC2)c1OC. The number of benzene rings is 1. The van der Waals surface area contributed by atoms with Gasteiger partial charge < -0.3 is 14.8 Å². The molecule has 1 fully saturated rings. The molecule has 1 aliphatic carbocycles. The average molecular weight is 351 g/mol. The summed E-state index contributed by atoms with van der Waals surface area (Å²) in [5.74, 6) is 0.645. The van der Waals surface area contributed by atoms with Crippen molar-refractivity contribution < 1.29 is 14.3 Å². The van der Waals surface area contributed by atoms with Crippen molar-refractivity contribution in [3.8, 4) is 17.6 Å². The molecule has 0 aromatic heterocycles. The van der Waals surface area contributed by atoms with Crippen LogP contribution in [-0.2, 0) is 4.79 Å². The van der Waals surface area contributed by atoms with Crippen LogP contribution >= 0.6 is 15.9 Å². The lowest BCUT2D eigenvalue weighted by molar-refractivity contribution is -0.117. The van der Waals surface area contributed by atoms with Crippen molar-refractivity contribution in [3.63, 3.8) is 0 Å². The van der Waals surface area contributed by atoms with Gasteiger partial charge in [-0.05, 0) is 31.1 Å². The first-order valence-corrected chi connectivity index (χ1v) is 7.22. The summed E-state index contributed by atoms with van der Waals surface area (Å²) in [5, 5.41) is 12.0. The number of nitrogens with one attached hydrogen (secondary N) is 1. The minimum absolute atomic E-state index is 0.0420. The molecule has 1 saturated carbocycles. The van der Waals surface area contributed by atoms with E-state index in [0.29, 0.717) is 17.1 Å². The van der Waals surface area contributed by atoms with Crippen molar-refractivity contribution in [2.75, 3.05) is 14.2 Å². The molecule has 0 bridgehead atoms. The van der Waals surface area contributed by atoms with Gasteiger partial charge in [0.15, 0.2) is 11.5 Å². The minimum atomic E-state index is -0.360. The molecule has 5 nitrogen and oxygen atoms in total. The number of halogens is 1. The van der Waals surface area contributed by atoms with E-state index in [2.05, 4.69) is 21.2 Å². The molecule has 6 heteroatoms. The van der Waals surface area contributed by atoms with Gasteiger partial charge in [0.05, 0.1) is 14.2 Å². The third kappa shape index (κ3) is 3.76. The smallest absolute Gasteiger partial charge is 0.262 e. The third-order valence-electron chi connectivity index (χ3n) is 3.05. The molecule has 0 saturated heterocycles. The Labute approximate surface area is 131 Å². The number of carbonyl (C=O) groups is 1. The van der Waals surface area contributed by atoms with Crippen molar-refractivity contribution >= 4 is 27.9 Å². The van der Waals surface area contributed by atoms with Gasteiger partial charge in [0, 0.05) is 16.1 Å². The monoisotopic (exact) mass is 350 g/mol. The van der Waals surface area contributed by atoms with Gasteiger partial charge >= 0.3 is 0 Å². The Bertz CT molecular complexity index is 631. The molecule has 0 heterocycles. The van der Waals surface area contributed by atoms with Crippen LogP contribution in [0.5, 0.6) is 11.5 Å². The van der Waals surface area contributed by atoms with E-state index in [1.54, 1.807) is 12.1 Å². The molecule has 1 aromatic rings. The van der Waals surface area contributed by atoms with E-state index in [4.69, 9.17) is 9.47 Å². The maximum Gasteiger partial charge on any atom is 0.262 e. The molecule has 0 aliphatic heterocycles. The Morgan fingerprint density at radius 1 is 1.43 bits per heavy atom. The van der Waals surface area contributed by atoms with Crippen molar-refractivity contribution in [1.29, 1.82) is 5.26 Å². The molecule has 0 radical (unpaired) electrons. The standard InChI is InChI=1S/C15H15BrN2O3/c1-20-13-7-11(16)6-9(14(13)21-2)5-10(8-17)15(19)18-12-3-4-12/h5-7,12H,3-4H2,1-2H3,(H,18,19)/b10-5+. The molecule has 0 spiro atoms. The van der Waals surface area contributed by atoms with Crippen molar-refractivity contribution in [2.24, 2.45) is 0 Å². The quantitative estimate of drug-likeness (QED) is 0.654. The van der Waals surface area contributed by atoms with Crippen LogP contribution < -0.4 is 14.8 Å². The maximum absolute atomic E-state index is 12.0. The van der Waals surface area contributed by atoms with E-state index in [9.17, 15) is 10.1 Å². The van der Waals surface area contributed by atoms with Gasteiger partial charge in [-0.3, -0.25) is 4.79 Å². The summed E-state index contributed by atoms with van der Waals surface area (Å²) in [6, 6.07) is 5.65. The first-order valence-electron chi connectivity index (χ1n) is 6.43. The normalized spacial score (nSPS) is 14.3. The summed E-state index contributed by atoms with van der Waals surface area (Å²) in [4.78, 5) is 12.0. The Hall–Kier alpha value is -2.00. The highest BCUT2D eigenvalue weighted by Crippen LogP contribution is 2.35. The molecular formula is C15H15BrN2O3. The first kappa shape index (κ1) is 15.4. The molecule has 1 amide bonds. The lowest BCUT2D eigenvalue weighted by Crippen LogP contribution is -2.26. The van der Waals surface area contributed by atoms with E-state index in [0.717, 1.165) is 17.3 Å². The number of amides is 1. The molecule has 110 valence electrons. The number of ether oxygens (including phenoxy) is 2. The molecule has 1 aliphatic rings. The summed E-state index contributed by atoms with van der Waals surface area (Å²) in [6.07, 6.45) is 3.45. The van der Waals surface area contributed by atoms with Gasteiger partial charge in [-0.15, -0.1) is 0 Å². The fourth-order valence-corrected chi connectivity index (χ4v) is 2.32. The largest absolute Gasteiger partial charge is 0.493 e. The van der Waals surface area contributed by atoms with Gasteiger partial charge in [-0.25, -0.2) is 0 Å². The van der Waals surface area contributed by atoms with E-state index in [1.165, 1.54) is 20.3 Å². The fraction of sp³-hybridized carbons (Fsp3) is 0.333. The molecule has 0 unspecified atom stereocenters. The fourth-order valence-electron chi connectivity index (χ4n) is 1.86.